The van der Waals surface area contributed by atoms with Crippen LogP contribution in [0.5, 0.6) is 5.75 Å². The fraction of sp³-hybridized carbons (Fsp3) is 0.583. The number of terminal acetylenes is 1. The Balaban J connectivity index is 0.00000481. The molecule has 0 aliphatic carbocycles. The van der Waals surface area contributed by atoms with E-state index in [1.165, 1.54) is 14.7 Å². The molecule has 0 bridgehead atoms. The molecule has 0 unspecified atom stereocenters. The number of sulfonamides is 1. The van der Waals surface area contributed by atoms with Gasteiger partial charge in [0.2, 0.25) is 10.0 Å². The van der Waals surface area contributed by atoms with Gasteiger partial charge in [-0.1, -0.05) is 19.3 Å². The van der Waals surface area contributed by atoms with Crippen molar-refractivity contribution in [1.29, 1.82) is 0 Å². The number of piperidine rings is 1. The van der Waals surface area contributed by atoms with E-state index in [4.69, 9.17) is 15.9 Å². The summed E-state index contributed by atoms with van der Waals surface area (Å²) in [6.07, 6.45) is 6.13. The van der Waals surface area contributed by atoms with Crippen molar-refractivity contribution in [1.82, 2.24) is 14.7 Å². The van der Waals surface area contributed by atoms with Gasteiger partial charge in [-0.05, 0) is 43.5 Å². The third-order valence-electron chi connectivity index (χ3n) is 6.66. The van der Waals surface area contributed by atoms with Gasteiger partial charge in [0, 0.05) is 45.0 Å². The second-order valence-corrected chi connectivity index (χ2v) is 11.0. The number of halogens is 1. The molecule has 2 fully saturated rings. The monoisotopic (exact) mass is 558 g/mol. The van der Waals surface area contributed by atoms with Crippen molar-refractivity contribution in [2.45, 2.75) is 37.4 Å². The number of ether oxygens (including phenoxy) is 2. The Kier molecular flexibility index (Phi) is 11.3. The minimum absolute atomic E-state index is 0. The number of hydrogen-bond acceptors (Lipinski definition) is 8. The van der Waals surface area contributed by atoms with Crippen molar-refractivity contribution >= 4 is 40.1 Å². The molecule has 0 atom stereocenters. The van der Waals surface area contributed by atoms with Gasteiger partial charge < -0.3 is 19.3 Å². The van der Waals surface area contributed by atoms with Crippen molar-refractivity contribution in [3.05, 3.63) is 24.3 Å². The maximum Gasteiger partial charge on any atom is 0.410 e. The number of piperazine rings is 1. The summed E-state index contributed by atoms with van der Waals surface area (Å²) < 4.78 is 37.4. The molecule has 2 amide bonds. The quantitative estimate of drug-likeness (QED) is 0.203. The van der Waals surface area contributed by atoms with E-state index >= 15 is 0 Å². The zero-order valence-corrected chi connectivity index (χ0v) is 22.6. The third-order valence-corrected chi connectivity index (χ3v) is 9.29. The Morgan fingerprint density at radius 3 is 2.27 bits per heavy atom. The molecule has 2 aliphatic heterocycles. The summed E-state index contributed by atoms with van der Waals surface area (Å²) in [5, 5.41) is 9.36. The molecule has 3 rings (SSSR count). The minimum Gasteiger partial charge on any atom is -0.494 e. The molecule has 2 heterocycles. The van der Waals surface area contributed by atoms with Crippen LogP contribution in [0.2, 0.25) is 0 Å². The first kappa shape index (κ1) is 30.5. The molecule has 2 aliphatic rings. The fourth-order valence-electron chi connectivity index (χ4n) is 4.47. The summed E-state index contributed by atoms with van der Waals surface area (Å²) in [6.45, 7) is 3.77. The van der Waals surface area contributed by atoms with Gasteiger partial charge in [-0.2, -0.15) is 4.31 Å². The van der Waals surface area contributed by atoms with E-state index in [1.807, 2.05) is 24.3 Å². The number of benzene rings is 1. The Labute approximate surface area is 224 Å². The molecule has 206 valence electrons. The summed E-state index contributed by atoms with van der Waals surface area (Å²) in [4.78, 5) is 28.2. The number of nitrogens with one attached hydrogen (secondary N) is 1. The highest BCUT2D eigenvalue weighted by Crippen LogP contribution is 2.35. The fourth-order valence-corrected chi connectivity index (χ4v) is 6.59. The number of hydroxylamine groups is 1. The maximum atomic E-state index is 13.7. The van der Waals surface area contributed by atoms with Gasteiger partial charge in [0.15, 0.2) is 11.4 Å². The zero-order valence-electron chi connectivity index (χ0n) is 20.9. The second-order valence-electron chi connectivity index (χ2n) is 8.77. The molecular weight excluding hydrogens is 524 g/mol. The molecule has 0 spiro atoms. The molecule has 11 nitrogen and oxygen atoms in total. The molecule has 2 saturated heterocycles. The number of amides is 2. The largest absolute Gasteiger partial charge is 0.494 e. The third kappa shape index (κ3) is 6.78. The number of carbonyl (C=O) groups is 2. The number of unbranched alkanes of at least 4 members (excludes halogenated alkanes) is 1. The SMILES string of the molecule is C#CCOC(=O)N1CCC(C(=O)NO)(S(=O)(=O)N2CCN(c3ccc(OCCCC)cc3)CC2)CC1.Cl. The van der Waals surface area contributed by atoms with E-state index in [0.717, 1.165) is 24.3 Å². The zero-order chi connectivity index (χ0) is 26.2. The van der Waals surface area contributed by atoms with E-state index in [0.29, 0.717) is 19.7 Å². The van der Waals surface area contributed by atoms with Crippen molar-refractivity contribution in [2.75, 3.05) is 57.4 Å². The predicted octanol–water partition coefficient (Wildman–Crippen LogP) is 1.85. The summed E-state index contributed by atoms with van der Waals surface area (Å²) in [7, 11) is -4.15. The van der Waals surface area contributed by atoms with Crippen LogP contribution >= 0.6 is 12.4 Å². The predicted molar refractivity (Wildman–Crippen MR) is 140 cm³/mol. The standard InChI is InChI=1S/C24H34N4O7S.ClH/c1-3-5-19-34-21-8-6-20(7-9-21)26-14-16-28(17-15-26)36(32,33)24(22(29)25-31)10-12-27(13-11-24)23(30)35-18-4-2;/h2,6-9,31H,3,5,10-19H2,1H3,(H,25,29);1H. The van der Waals surface area contributed by atoms with E-state index in [9.17, 15) is 23.2 Å². The number of carbonyl (C=O) groups excluding carboxylic acids is 2. The molecule has 37 heavy (non-hydrogen) atoms. The van der Waals surface area contributed by atoms with Gasteiger partial charge in [-0.3, -0.25) is 10.0 Å². The first-order valence-corrected chi connectivity index (χ1v) is 13.5. The molecule has 0 aromatic heterocycles. The van der Waals surface area contributed by atoms with Gasteiger partial charge in [0.1, 0.15) is 5.75 Å². The molecule has 1 aromatic carbocycles. The average molecular weight is 559 g/mol. The van der Waals surface area contributed by atoms with Crippen molar-refractivity contribution in [3.63, 3.8) is 0 Å². The van der Waals surface area contributed by atoms with Crippen LogP contribution in [0.4, 0.5) is 10.5 Å². The minimum atomic E-state index is -4.15. The van der Waals surface area contributed by atoms with Gasteiger partial charge >= 0.3 is 6.09 Å². The topological polar surface area (TPSA) is 129 Å². The summed E-state index contributed by atoms with van der Waals surface area (Å²) >= 11 is 0. The van der Waals surface area contributed by atoms with Crippen LogP contribution in [0.15, 0.2) is 24.3 Å². The molecule has 1 aromatic rings. The normalized spacial score (nSPS) is 17.8. The van der Waals surface area contributed by atoms with Gasteiger partial charge in [-0.15, -0.1) is 18.8 Å². The molecular formula is C24H35ClN4O7S. The Hall–Kier alpha value is -2.72. The highest BCUT2D eigenvalue weighted by atomic mass is 35.5. The lowest BCUT2D eigenvalue weighted by Gasteiger charge is -2.43. The van der Waals surface area contributed by atoms with Crippen LogP contribution in [0.25, 0.3) is 0 Å². The van der Waals surface area contributed by atoms with E-state index in [2.05, 4.69) is 17.7 Å². The van der Waals surface area contributed by atoms with Gasteiger partial charge in [0.05, 0.1) is 6.61 Å². The first-order chi connectivity index (χ1) is 17.3. The Morgan fingerprint density at radius 1 is 1.11 bits per heavy atom. The lowest BCUT2D eigenvalue weighted by Crippen LogP contribution is -2.64. The van der Waals surface area contributed by atoms with Crippen LogP contribution in [0.3, 0.4) is 0 Å². The number of anilines is 1. The lowest BCUT2D eigenvalue weighted by atomic mass is 9.95. The van der Waals surface area contributed by atoms with E-state index in [-0.39, 0.29) is 58.0 Å². The Bertz CT molecular complexity index is 1050. The molecule has 13 heteroatoms. The van der Waals surface area contributed by atoms with Gasteiger partial charge in [-0.25, -0.2) is 18.7 Å². The molecule has 0 saturated carbocycles. The average Bonchev–Trinajstić information content (AvgIpc) is 2.91. The molecule has 0 radical (unpaired) electrons. The first-order valence-electron chi connectivity index (χ1n) is 12.1. The van der Waals surface area contributed by atoms with Crippen LogP contribution in [-0.2, 0) is 19.6 Å². The van der Waals surface area contributed by atoms with E-state index in [1.54, 1.807) is 0 Å². The highest BCUT2D eigenvalue weighted by Gasteiger charge is 2.55. The van der Waals surface area contributed by atoms with Crippen LogP contribution < -0.4 is 15.1 Å². The van der Waals surface area contributed by atoms with Crippen LogP contribution in [0.1, 0.15) is 32.6 Å². The smallest absolute Gasteiger partial charge is 0.410 e. The summed E-state index contributed by atoms with van der Waals surface area (Å²) in [5.41, 5.74) is 2.48. The number of likely N-dealkylation sites (tertiary alicyclic amines) is 1. The van der Waals surface area contributed by atoms with Crippen LogP contribution in [0, 0.1) is 12.3 Å². The number of hydrogen-bond donors (Lipinski definition) is 2. The van der Waals surface area contributed by atoms with E-state index < -0.39 is 26.8 Å². The summed E-state index contributed by atoms with van der Waals surface area (Å²) in [6, 6.07) is 7.69. The Morgan fingerprint density at radius 2 is 1.73 bits per heavy atom. The van der Waals surface area contributed by atoms with Crippen LogP contribution in [-0.4, -0.2) is 92.1 Å². The summed E-state index contributed by atoms with van der Waals surface area (Å²) in [5.74, 6) is 1.99. The van der Waals surface area contributed by atoms with Crippen molar-refractivity contribution in [2.24, 2.45) is 0 Å². The number of rotatable bonds is 9. The molecule has 2 N–H and O–H groups in total. The van der Waals surface area contributed by atoms with Crippen molar-refractivity contribution < 1.29 is 32.7 Å². The van der Waals surface area contributed by atoms with Gasteiger partial charge in [0.25, 0.3) is 5.91 Å². The van der Waals surface area contributed by atoms with Crippen molar-refractivity contribution in [3.8, 4) is 18.1 Å². The second kappa shape index (κ2) is 13.7. The lowest BCUT2D eigenvalue weighted by molar-refractivity contribution is -0.133. The number of nitrogens with zero attached hydrogens (tertiary/aromatic N) is 3. The maximum absolute atomic E-state index is 13.7. The highest BCUT2D eigenvalue weighted by molar-refractivity contribution is 7.91.